The smallest absolute Gasteiger partial charge is 0.253 e. The molecule has 0 spiro atoms. The molecule has 2 aromatic rings. The molecule has 110 valence electrons. The Kier molecular flexibility index (Phi) is 5.32. The fourth-order valence-corrected chi connectivity index (χ4v) is 2.22. The van der Waals surface area contributed by atoms with Crippen LogP contribution in [0.1, 0.15) is 28.8 Å². The third kappa shape index (κ3) is 4.60. The van der Waals surface area contributed by atoms with Gasteiger partial charge in [-0.15, -0.1) is 0 Å². The van der Waals surface area contributed by atoms with Crippen molar-refractivity contribution in [3.8, 4) is 0 Å². The average molecular weight is 284 g/mol. The van der Waals surface area contributed by atoms with E-state index in [1.165, 1.54) is 17.8 Å². The van der Waals surface area contributed by atoms with Crippen molar-refractivity contribution in [2.45, 2.75) is 19.3 Å². The van der Waals surface area contributed by atoms with E-state index in [2.05, 4.69) is 17.1 Å². The van der Waals surface area contributed by atoms with E-state index >= 15 is 0 Å². The van der Waals surface area contributed by atoms with Crippen LogP contribution in [-0.4, -0.2) is 29.4 Å². The van der Waals surface area contributed by atoms with Gasteiger partial charge < -0.3 is 9.88 Å². The number of carbonyl (C=O) groups is 1. The maximum atomic E-state index is 12.1. The van der Waals surface area contributed by atoms with Crippen molar-refractivity contribution in [2.75, 3.05) is 13.6 Å². The second kappa shape index (κ2) is 7.43. The number of carbonyl (C=O) groups excluding carboxylic acids is 1. The van der Waals surface area contributed by atoms with Crippen LogP contribution in [0.15, 0.2) is 53.5 Å². The molecular weight excluding hydrogens is 264 g/mol. The van der Waals surface area contributed by atoms with Crippen LogP contribution in [0.4, 0.5) is 0 Å². The SMILES string of the molecule is CN(CCCCc1ccccc1)C(=O)c1cc[nH]c(=O)c1. The van der Waals surface area contributed by atoms with Crippen LogP contribution >= 0.6 is 0 Å². The monoisotopic (exact) mass is 284 g/mol. The minimum Gasteiger partial charge on any atom is -0.342 e. The highest BCUT2D eigenvalue weighted by Gasteiger charge is 2.11. The molecule has 0 fully saturated rings. The summed E-state index contributed by atoms with van der Waals surface area (Å²) < 4.78 is 0. The molecule has 0 aliphatic rings. The molecule has 4 heteroatoms. The number of hydrogen-bond acceptors (Lipinski definition) is 2. The van der Waals surface area contributed by atoms with Gasteiger partial charge in [-0.1, -0.05) is 30.3 Å². The number of aromatic nitrogens is 1. The molecule has 0 saturated carbocycles. The van der Waals surface area contributed by atoms with E-state index in [1.54, 1.807) is 18.0 Å². The van der Waals surface area contributed by atoms with Crippen molar-refractivity contribution in [3.05, 3.63) is 70.1 Å². The molecule has 1 aromatic carbocycles. The first-order valence-corrected chi connectivity index (χ1v) is 7.15. The van der Waals surface area contributed by atoms with Crippen LogP contribution in [0.5, 0.6) is 0 Å². The molecule has 1 amide bonds. The number of hydrogen-bond donors (Lipinski definition) is 1. The minimum atomic E-state index is -0.252. The van der Waals surface area contributed by atoms with E-state index in [0.717, 1.165) is 19.3 Å². The number of H-pyrrole nitrogens is 1. The molecule has 21 heavy (non-hydrogen) atoms. The zero-order chi connectivity index (χ0) is 15.1. The van der Waals surface area contributed by atoms with Gasteiger partial charge in [0.2, 0.25) is 5.56 Å². The molecule has 0 aliphatic carbocycles. The average Bonchev–Trinajstić information content (AvgIpc) is 2.51. The summed E-state index contributed by atoms with van der Waals surface area (Å²) in [5, 5.41) is 0. The highest BCUT2D eigenvalue weighted by molar-refractivity contribution is 5.93. The predicted molar refractivity (Wildman–Crippen MR) is 83.4 cm³/mol. The first-order valence-electron chi connectivity index (χ1n) is 7.15. The van der Waals surface area contributed by atoms with Gasteiger partial charge in [-0.3, -0.25) is 9.59 Å². The summed E-state index contributed by atoms with van der Waals surface area (Å²) in [6.07, 6.45) is 4.50. The molecule has 0 aliphatic heterocycles. The fraction of sp³-hybridized carbons (Fsp3) is 0.294. The number of rotatable bonds is 6. The number of nitrogens with one attached hydrogen (secondary N) is 1. The molecule has 2 rings (SSSR count). The number of benzene rings is 1. The summed E-state index contributed by atoms with van der Waals surface area (Å²) in [6.45, 7) is 0.693. The van der Waals surface area contributed by atoms with Gasteiger partial charge in [-0.25, -0.2) is 0 Å². The van der Waals surface area contributed by atoms with Crippen molar-refractivity contribution >= 4 is 5.91 Å². The molecule has 1 N–H and O–H groups in total. The third-order valence-electron chi connectivity index (χ3n) is 3.42. The van der Waals surface area contributed by atoms with Crippen LogP contribution < -0.4 is 5.56 Å². The van der Waals surface area contributed by atoms with Crippen LogP contribution in [0, 0.1) is 0 Å². The summed E-state index contributed by atoms with van der Waals surface area (Å²) >= 11 is 0. The molecule has 0 unspecified atom stereocenters. The lowest BCUT2D eigenvalue weighted by Gasteiger charge is -2.16. The van der Waals surface area contributed by atoms with Crippen molar-refractivity contribution in [3.63, 3.8) is 0 Å². The van der Waals surface area contributed by atoms with Gasteiger partial charge >= 0.3 is 0 Å². The van der Waals surface area contributed by atoms with E-state index in [9.17, 15) is 9.59 Å². The summed E-state index contributed by atoms with van der Waals surface area (Å²) in [7, 11) is 1.77. The Morgan fingerprint density at radius 3 is 2.62 bits per heavy atom. The number of pyridine rings is 1. The van der Waals surface area contributed by atoms with Gasteiger partial charge in [0.15, 0.2) is 0 Å². The quantitative estimate of drug-likeness (QED) is 0.828. The summed E-state index contributed by atoms with van der Waals surface area (Å²) in [6, 6.07) is 13.3. The van der Waals surface area contributed by atoms with Gasteiger partial charge in [0.25, 0.3) is 5.91 Å². The first-order chi connectivity index (χ1) is 10.2. The topological polar surface area (TPSA) is 53.2 Å². The number of unbranched alkanes of at least 4 members (excludes halogenated alkanes) is 1. The molecule has 4 nitrogen and oxygen atoms in total. The van der Waals surface area contributed by atoms with Crippen molar-refractivity contribution in [2.24, 2.45) is 0 Å². The van der Waals surface area contributed by atoms with Gasteiger partial charge in [0, 0.05) is 31.4 Å². The van der Waals surface area contributed by atoms with E-state index < -0.39 is 0 Å². The molecule has 1 aromatic heterocycles. The zero-order valence-corrected chi connectivity index (χ0v) is 12.2. The number of aromatic amines is 1. The van der Waals surface area contributed by atoms with Gasteiger partial charge in [-0.2, -0.15) is 0 Å². The number of aryl methyl sites for hydroxylation is 1. The van der Waals surface area contributed by atoms with Crippen LogP contribution in [0.25, 0.3) is 0 Å². The Balaban J connectivity index is 1.78. The highest BCUT2D eigenvalue weighted by atomic mass is 16.2. The van der Waals surface area contributed by atoms with E-state index in [1.807, 2.05) is 18.2 Å². The highest BCUT2D eigenvalue weighted by Crippen LogP contribution is 2.06. The number of amides is 1. The number of nitrogens with zero attached hydrogens (tertiary/aromatic N) is 1. The molecule has 0 bridgehead atoms. The maximum absolute atomic E-state index is 12.1. The Bertz CT molecular complexity index is 634. The lowest BCUT2D eigenvalue weighted by atomic mass is 10.1. The molecule has 0 radical (unpaired) electrons. The molecular formula is C17H20N2O2. The van der Waals surface area contributed by atoms with Crippen molar-refractivity contribution < 1.29 is 4.79 Å². The van der Waals surface area contributed by atoms with Crippen LogP contribution in [-0.2, 0) is 6.42 Å². The minimum absolute atomic E-state index is 0.110. The summed E-state index contributed by atoms with van der Waals surface area (Å²) in [4.78, 5) is 27.5. The molecule has 0 saturated heterocycles. The Morgan fingerprint density at radius 2 is 1.90 bits per heavy atom. The lowest BCUT2D eigenvalue weighted by Crippen LogP contribution is -2.28. The molecule has 0 atom stereocenters. The third-order valence-corrected chi connectivity index (χ3v) is 3.42. The lowest BCUT2D eigenvalue weighted by molar-refractivity contribution is 0.0792. The van der Waals surface area contributed by atoms with E-state index in [-0.39, 0.29) is 11.5 Å². The second-order valence-corrected chi connectivity index (χ2v) is 5.11. The van der Waals surface area contributed by atoms with Crippen molar-refractivity contribution in [1.82, 2.24) is 9.88 Å². The Hall–Kier alpha value is -2.36. The second-order valence-electron chi connectivity index (χ2n) is 5.11. The van der Waals surface area contributed by atoms with Crippen LogP contribution in [0.2, 0.25) is 0 Å². The predicted octanol–water partition coefficient (Wildman–Crippen LogP) is 2.47. The van der Waals surface area contributed by atoms with E-state index in [0.29, 0.717) is 12.1 Å². The van der Waals surface area contributed by atoms with Gasteiger partial charge in [-0.05, 0) is 30.9 Å². The van der Waals surface area contributed by atoms with Crippen molar-refractivity contribution in [1.29, 1.82) is 0 Å². The van der Waals surface area contributed by atoms with Gasteiger partial charge in [0.1, 0.15) is 0 Å². The standard InChI is InChI=1S/C17H20N2O2/c1-19(17(21)15-10-11-18-16(20)13-15)12-6-5-9-14-7-3-2-4-8-14/h2-4,7-8,10-11,13H,5-6,9,12H2,1H3,(H,18,20). The van der Waals surface area contributed by atoms with Gasteiger partial charge in [0.05, 0.1) is 0 Å². The molecule has 1 heterocycles. The van der Waals surface area contributed by atoms with Crippen LogP contribution in [0.3, 0.4) is 0 Å². The normalized spacial score (nSPS) is 10.3. The zero-order valence-electron chi connectivity index (χ0n) is 12.2. The maximum Gasteiger partial charge on any atom is 0.253 e. The summed E-state index contributed by atoms with van der Waals surface area (Å²) in [5.41, 5.74) is 1.50. The van der Waals surface area contributed by atoms with E-state index in [4.69, 9.17) is 0 Å². The first kappa shape index (κ1) is 15.0. The Morgan fingerprint density at radius 1 is 1.14 bits per heavy atom. The summed E-state index contributed by atoms with van der Waals surface area (Å²) in [5.74, 6) is -0.110. The fourth-order valence-electron chi connectivity index (χ4n) is 2.22. The Labute approximate surface area is 124 Å². The largest absolute Gasteiger partial charge is 0.342 e.